The number of halogens is 1. The van der Waals surface area contributed by atoms with Crippen LogP contribution >= 0.6 is 11.6 Å². The van der Waals surface area contributed by atoms with Crippen molar-refractivity contribution in [2.45, 2.75) is 97.3 Å². The van der Waals surface area contributed by atoms with Crippen LogP contribution in [0.4, 0.5) is 0 Å². The smallest absolute Gasteiger partial charge is 0.309 e. The van der Waals surface area contributed by atoms with E-state index < -0.39 is 0 Å². The molecule has 0 saturated heterocycles. The van der Waals surface area contributed by atoms with Crippen molar-refractivity contribution in [2.24, 2.45) is 5.92 Å². The third-order valence-electron chi connectivity index (χ3n) is 4.25. The van der Waals surface area contributed by atoms with Gasteiger partial charge in [-0.1, -0.05) is 89.0 Å². The average Bonchev–Trinajstić information content (AvgIpc) is 2.55. The van der Waals surface area contributed by atoms with Gasteiger partial charge in [-0.25, -0.2) is 0 Å². The SMILES string of the molecule is CCCCCCCC/C=C\CCCCCCC(C)C(=O)OCCl. The Morgan fingerprint density at radius 1 is 0.913 bits per heavy atom. The molecule has 2 nitrogen and oxygen atoms in total. The molecule has 0 radical (unpaired) electrons. The number of ether oxygens (including phenoxy) is 1. The molecule has 23 heavy (non-hydrogen) atoms. The van der Waals surface area contributed by atoms with Gasteiger partial charge in [0.15, 0.2) is 6.07 Å². The molecule has 0 heterocycles. The first kappa shape index (κ1) is 22.5. The fraction of sp³-hybridized carbons (Fsp3) is 0.850. The zero-order valence-electron chi connectivity index (χ0n) is 15.3. The molecule has 0 bridgehead atoms. The maximum absolute atomic E-state index is 11.4. The highest BCUT2D eigenvalue weighted by Gasteiger charge is 2.12. The molecule has 0 aliphatic rings. The molecule has 0 amide bonds. The summed E-state index contributed by atoms with van der Waals surface area (Å²) >= 11 is 5.38. The summed E-state index contributed by atoms with van der Waals surface area (Å²) in [6, 6.07) is -0.0335. The Bertz CT molecular complexity index is 289. The molecule has 0 fully saturated rings. The van der Waals surface area contributed by atoms with Gasteiger partial charge in [-0.05, 0) is 32.1 Å². The van der Waals surface area contributed by atoms with Gasteiger partial charge in [0.05, 0.1) is 5.92 Å². The van der Waals surface area contributed by atoms with Gasteiger partial charge in [-0.15, -0.1) is 0 Å². The van der Waals surface area contributed by atoms with Crippen LogP contribution in [0, 0.1) is 5.92 Å². The number of allylic oxidation sites excluding steroid dienone is 2. The van der Waals surface area contributed by atoms with Crippen molar-refractivity contribution in [1.82, 2.24) is 0 Å². The van der Waals surface area contributed by atoms with Gasteiger partial charge in [-0.3, -0.25) is 4.79 Å². The van der Waals surface area contributed by atoms with Crippen molar-refractivity contribution in [2.75, 3.05) is 6.07 Å². The number of carbonyl (C=O) groups excluding carboxylic acids is 1. The zero-order chi connectivity index (χ0) is 17.2. The fourth-order valence-electron chi connectivity index (χ4n) is 2.66. The first-order valence-corrected chi connectivity index (χ1v) is 10.1. The molecule has 0 aromatic rings. The third kappa shape index (κ3) is 16.1. The van der Waals surface area contributed by atoms with Crippen molar-refractivity contribution < 1.29 is 9.53 Å². The standard InChI is InChI=1S/C20H37ClO2/c1-3-4-5-6-7-8-9-10-11-12-13-14-15-16-17-19(2)20(22)23-18-21/h10-11,19H,3-9,12-18H2,1-2H3/b11-10-. The quantitative estimate of drug-likeness (QED) is 0.130. The van der Waals surface area contributed by atoms with Crippen LogP contribution in [-0.4, -0.2) is 12.0 Å². The summed E-state index contributed by atoms with van der Waals surface area (Å²) in [6.45, 7) is 4.18. The van der Waals surface area contributed by atoms with Crippen LogP contribution in [0.3, 0.4) is 0 Å². The molecular weight excluding hydrogens is 308 g/mol. The highest BCUT2D eigenvalue weighted by molar-refractivity contribution is 6.17. The first-order valence-electron chi connectivity index (χ1n) is 9.60. The van der Waals surface area contributed by atoms with Crippen molar-refractivity contribution >= 4 is 17.6 Å². The number of rotatable bonds is 16. The minimum absolute atomic E-state index is 0.0222. The van der Waals surface area contributed by atoms with Crippen LogP contribution in [-0.2, 0) is 9.53 Å². The van der Waals surface area contributed by atoms with E-state index in [9.17, 15) is 4.79 Å². The summed E-state index contributed by atoms with van der Waals surface area (Å²) in [5, 5.41) is 0. The Labute approximate surface area is 149 Å². The van der Waals surface area contributed by atoms with E-state index in [1.165, 1.54) is 70.6 Å². The average molecular weight is 345 g/mol. The highest BCUT2D eigenvalue weighted by Crippen LogP contribution is 2.13. The van der Waals surface area contributed by atoms with Gasteiger partial charge in [0.25, 0.3) is 0 Å². The molecule has 3 heteroatoms. The lowest BCUT2D eigenvalue weighted by Crippen LogP contribution is -2.13. The molecular formula is C20H37ClO2. The maximum atomic E-state index is 11.4. The van der Waals surface area contributed by atoms with Crippen LogP contribution < -0.4 is 0 Å². The lowest BCUT2D eigenvalue weighted by atomic mass is 10.0. The number of hydrogen-bond donors (Lipinski definition) is 0. The largest absolute Gasteiger partial charge is 0.449 e. The molecule has 0 aliphatic carbocycles. The maximum Gasteiger partial charge on any atom is 0.309 e. The van der Waals surface area contributed by atoms with Crippen molar-refractivity contribution in [3.63, 3.8) is 0 Å². The van der Waals surface area contributed by atoms with Crippen molar-refractivity contribution in [1.29, 1.82) is 0 Å². The van der Waals surface area contributed by atoms with E-state index in [0.717, 1.165) is 12.8 Å². The van der Waals surface area contributed by atoms with E-state index in [0.29, 0.717) is 0 Å². The van der Waals surface area contributed by atoms with E-state index in [4.69, 9.17) is 16.3 Å². The first-order chi connectivity index (χ1) is 11.2. The van der Waals surface area contributed by atoms with Gasteiger partial charge in [0.1, 0.15) is 0 Å². The monoisotopic (exact) mass is 344 g/mol. The Kier molecular flexibility index (Phi) is 17.5. The topological polar surface area (TPSA) is 26.3 Å². The van der Waals surface area contributed by atoms with Gasteiger partial charge in [0.2, 0.25) is 0 Å². The summed E-state index contributed by atoms with van der Waals surface area (Å²) in [4.78, 5) is 11.4. The highest BCUT2D eigenvalue weighted by atomic mass is 35.5. The normalized spacial score (nSPS) is 12.7. The molecule has 0 rings (SSSR count). The van der Waals surface area contributed by atoms with Gasteiger partial charge in [-0.2, -0.15) is 0 Å². The van der Waals surface area contributed by atoms with E-state index in [2.05, 4.69) is 19.1 Å². The predicted octanol–water partition coefficient (Wildman–Crippen LogP) is 7.01. The number of carbonyl (C=O) groups is 1. The molecule has 0 N–H and O–H groups in total. The molecule has 1 atom stereocenters. The molecule has 0 spiro atoms. The Morgan fingerprint density at radius 3 is 2.00 bits per heavy atom. The second-order valence-electron chi connectivity index (χ2n) is 6.49. The number of unbranched alkanes of at least 4 members (excludes halogenated alkanes) is 10. The summed E-state index contributed by atoms with van der Waals surface area (Å²) in [5.74, 6) is -0.191. The fourth-order valence-corrected chi connectivity index (χ4v) is 2.77. The lowest BCUT2D eigenvalue weighted by molar-refractivity contribution is -0.146. The van der Waals surface area contributed by atoms with E-state index in [1.54, 1.807) is 0 Å². The van der Waals surface area contributed by atoms with Crippen molar-refractivity contribution in [3.05, 3.63) is 12.2 Å². The Hall–Kier alpha value is -0.500. The van der Waals surface area contributed by atoms with Crippen LogP contribution in [0.5, 0.6) is 0 Å². The third-order valence-corrected chi connectivity index (χ3v) is 4.36. The van der Waals surface area contributed by atoms with Gasteiger partial charge < -0.3 is 4.74 Å². The second kappa shape index (κ2) is 17.8. The molecule has 0 aromatic carbocycles. The van der Waals surface area contributed by atoms with Gasteiger partial charge in [0, 0.05) is 0 Å². The Morgan fingerprint density at radius 2 is 1.43 bits per heavy atom. The van der Waals surface area contributed by atoms with E-state index >= 15 is 0 Å². The molecule has 1 unspecified atom stereocenters. The van der Waals surface area contributed by atoms with Crippen LogP contribution in [0.2, 0.25) is 0 Å². The minimum Gasteiger partial charge on any atom is -0.449 e. The Balaban J connectivity index is 3.26. The molecule has 0 aliphatic heterocycles. The number of hydrogen-bond acceptors (Lipinski definition) is 2. The predicted molar refractivity (Wildman–Crippen MR) is 101 cm³/mol. The molecule has 0 saturated carbocycles. The van der Waals surface area contributed by atoms with Crippen LogP contribution in [0.25, 0.3) is 0 Å². The van der Waals surface area contributed by atoms with E-state index in [-0.39, 0.29) is 18.0 Å². The summed E-state index contributed by atoms with van der Waals surface area (Å²) < 4.78 is 4.79. The summed E-state index contributed by atoms with van der Waals surface area (Å²) in [6.07, 6.45) is 21.1. The molecule has 0 aromatic heterocycles. The van der Waals surface area contributed by atoms with Crippen LogP contribution in [0.15, 0.2) is 12.2 Å². The van der Waals surface area contributed by atoms with E-state index in [1.807, 2.05) is 6.92 Å². The molecule has 136 valence electrons. The van der Waals surface area contributed by atoms with Crippen LogP contribution in [0.1, 0.15) is 97.3 Å². The number of esters is 1. The van der Waals surface area contributed by atoms with Crippen molar-refractivity contribution in [3.8, 4) is 0 Å². The minimum atomic E-state index is -0.169. The summed E-state index contributed by atoms with van der Waals surface area (Å²) in [7, 11) is 0. The zero-order valence-corrected chi connectivity index (χ0v) is 16.1. The second-order valence-corrected chi connectivity index (χ2v) is 6.71. The number of alkyl halides is 1. The van der Waals surface area contributed by atoms with Gasteiger partial charge >= 0.3 is 5.97 Å². The lowest BCUT2D eigenvalue weighted by Gasteiger charge is -2.09. The summed E-state index contributed by atoms with van der Waals surface area (Å²) in [5.41, 5.74) is 0.